The lowest BCUT2D eigenvalue weighted by atomic mass is 10.1. The van der Waals surface area contributed by atoms with Crippen LogP contribution in [0.5, 0.6) is 5.75 Å². The van der Waals surface area contributed by atoms with Crippen LogP contribution in [0.2, 0.25) is 0 Å². The number of hydrogen-bond acceptors (Lipinski definition) is 5. The van der Waals surface area contributed by atoms with E-state index in [-0.39, 0.29) is 35.9 Å². The molecule has 0 saturated carbocycles. The van der Waals surface area contributed by atoms with E-state index >= 15 is 0 Å². The molecule has 7 heteroatoms. The Morgan fingerprint density at radius 2 is 2.08 bits per heavy atom. The Bertz CT molecular complexity index is 867. The molecule has 0 aliphatic carbocycles. The fraction of sp³-hybridized carbons (Fsp3) is 0.211. The average molecular weight is 355 g/mol. The van der Waals surface area contributed by atoms with Crippen LogP contribution in [0.25, 0.3) is 0 Å². The van der Waals surface area contributed by atoms with Gasteiger partial charge in [-0.25, -0.2) is 9.37 Å². The van der Waals surface area contributed by atoms with Crippen LogP contribution >= 0.6 is 0 Å². The fourth-order valence-corrected chi connectivity index (χ4v) is 2.36. The summed E-state index contributed by atoms with van der Waals surface area (Å²) in [6.07, 6.45) is 3.57. The largest absolute Gasteiger partial charge is 0.481 e. The van der Waals surface area contributed by atoms with Crippen LogP contribution in [0.3, 0.4) is 0 Å². The molecule has 0 saturated heterocycles. The van der Waals surface area contributed by atoms with Gasteiger partial charge in [-0.3, -0.25) is 9.78 Å². The van der Waals surface area contributed by atoms with E-state index in [0.717, 1.165) is 5.69 Å². The van der Waals surface area contributed by atoms with E-state index in [4.69, 9.17) is 9.15 Å². The first-order valence-electron chi connectivity index (χ1n) is 8.14. The molecular formula is C19H18FN3O3. The number of hydrogen-bond donors (Lipinski definition) is 1. The van der Waals surface area contributed by atoms with Crippen molar-refractivity contribution in [2.24, 2.45) is 0 Å². The minimum atomic E-state index is -0.472. The van der Waals surface area contributed by atoms with Gasteiger partial charge in [-0.15, -0.1) is 0 Å². The second-order valence-electron chi connectivity index (χ2n) is 5.75. The SMILES string of the molecule is C[C@@H](Cc1ccccn1)NC(=O)c1coc(COc2ccccc2F)n1. The van der Waals surface area contributed by atoms with Crippen LogP contribution in [0.4, 0.5) is 4.39 Å². The molecule has 0 radical (unpaired) electrons. The molecule has 134 valence electrons. The van der Waals surface area contributed by atoms with Crippen molar-refractivity contribution in [3.63, 3.8) is 0 Å². The summed E-state index contributed by atoms with van der Waals surface area (Å²) in [6.45, 7) is 1.81. The summed E-state index contributed by atoms with van der Waals surface area (Å²) < 4.78 is 24.0. The maximum Gasteiger partial charge on any atom is 0.273 e. The van der Waals surface area contributed by atoms with Crippen LogP contribution < -0.4 is 10.1 Å². The molecule has 1 amide bonds. The van der Waals surface area contributed by atoms with Crippen molar-refractivity contribution in [1.29, 1.82) is 0 Å². The van der Waals surface area contributed by atoms with Crippen molar-refractivity contribution >= 4 is 5.91 Å². The molecule has 2 aromatic heterocycles. The van der Waals surface area contributed by atoms with E-state index in [1.54, 1.807) is 18.3 Å². The Balaban J connectivity index is 1.53. The molecule has 0 unspecified atom stereocenters. The number of carbonyl (C=O) groups is 1. The van der Waals surface area contributed by atoms with Crippen molar-refractivity contribution in [3.8, 4) is 5.75 Å². The normalized spacial score (nSPS) is 11.8. The first-order chi connectivity index (χ1) is 12.6. The molecule has 1 N–H and O–H groups in total. The van der Waals surface area contributed by atoms with Crippen LogP contribution in [0, 0.1) is 5.82 Å². The van der Waals surface area contributed by atoms with Crippen LogP contribution in [-0.4, -0.2) is 21.9 Å². The van der Waals surface area contributed by atoms with E-state index in [1.807, 2.05) is 25.1 Å². The quantitative estimate of drug-likeness (QED) is 0.704. The lowest BCUT2D eigenvalue weighted by Crippen LogP contribution is -2.34. The molecular weight excluding hydrogens is 337 g/mol. The Hall–Kier alpha value is -3.22. The molecule has 0 spiro atoms. The maximum atomic E-state index is 13.5. The lowest BCUT2D eigenvalue weighted by Gasteiger charge is -2.12. The number of halogens is 1. The van der Waals surface area contributed by atoms with Crippen molar-refractivity contribution in [1.82, 2.24) is 15.3 Å². The van der Waals surface area contributed by atoms with Gasteiger partial charge < -0.3 is 14.5 Å². The number of nitrogens with one attached hydrogen (secondary N) is 1. The molecule has 1 aromatic carbocycles. The molecule has 0 aliphatic heterocycles. The number of benzene rings is 1. The number of amides is 1. The molecule has 2 heterocycles. The van der Waals surface area contributed by atoms with Gasteiger partial charge in [-0.05, 0) is 31.2 Å². The molecule has 0 aliphatic rings. The van der Waals surface area contributed by atoms with E-state index in [9.17, 15) is 9.18 Å². The van der Waals surface area contributed by atoms with Gasteiger partial charge in [-0.2, -0.15) is 0 Å². The van der Waals surface area contributed by atoms with Crippen molar-refractivity contribution in [2.75, 3.05) is 0 Å². The summed E-state index contributed by atoms with van der Waals surface area (Å²) in [6, 6.07) is 11.6. The Kier molecular flexibility index (Phi) is 5.58. The highest BCUT2D eigenvalue weighted by atomic mass is 19.1. The van der Waals surface area contributed by atoms with Gasteiger partial charge in [0.2, 0.25) is 5.89 Å². The van der Waals surface area contributed by atoms with E-state index < -0.39 is 5.82 Å². The third-order valence-corrected chi connectivity index (χ3v) is 3.59. The molecule has 26 heavy (non-hydrogen) atoms. The summed E-state index contributed by atoms with van der Waals surface area (Å²) in [7, 11) is 0. The fourth-order valence-electron chi connectivity index (χ4n) is 2.36. The second kappa shape index (κ2) is 8.24. The number of pyridine rings is 1. The molecule has 0 bridgehead atoms. The zero-order valence-corrected chi connectivity index (χ0v) is 14.2. The zero-order valence-electron chi connectivity index (χ0n) is 14.2. The summed E-state index contributed by atoms with van der Waals surface area (Å²) in [5, 5.41) is 2.84. The van der Waals surface area contributed by atoms with Gasteiger partial charge in [0, 0.05) is 24.4 Å². The number of nitrogens with zero attached hydrogens (tertiary/aromatic N) is 2. The Labute approximate surface area is 150 Å². The predicted octanol–water partition coefficient (Wildman–Crippen LogP) is 3.15. The highest BCUT2D eigenvalue weighted by Crippen LogP contribution is 2.17. The van der Waals surface area contributed by atoms with Crippen LogP contribution in [0.1, 0.15) is 29.0 Å². The molecule has 6 nitrogen and oxygen atoms in total. The Morgan fingerprint density at radius 3 is 2.85 bits per heavy atom. The van der Waals surface area contributed by atoms with Crippen molar-refractivity contribution in [3.05, 3.63) is 78.0 Å². The molecule has 1 atom stereocenters. The standard InChI is InChI=1S/C19H18FN3O3/c1-13(10-14-6-4-5-9-21-14)22-19(24)16-11-26-18(23-16)12-25-17-8-3-2-7-15(17)20/h2-9,11,13H,10,12H2,1H3,(H,22,24)/t13-/m0/s1. The van der Waals surface area contributed by atoms with Gasteiger partial charge in [0.1, 0.15) is 6.26 Å². The second-order valence-corrected chi connectivity index (χ2v) is 5.75. The first-order valence-corrected chi connectivity index (χ1v) is 8.14. The smallest absolute Gasteiger partial charge is 0.273 e. The van der Waals surface area contributed by atoms with Gasteiger partial charge in [0.25, 0.3) is 5.91 Å². The maximum absolute atomic E-state index is 13.5. The molecule has 3 rings (SSSR count). The predicted molar refractivity (Wildman–Crippen MR) is 92.1 cm³/mol. The van der Waals surface area contributed by atoms with Gasteiger partial charge >= 0.3 is 0 Å². The Morgan fingerprint density at radius 1 is 1.27 bits per heavy atom. The van der Waals surface area contributed by atoms with Crippen LogP contribution in [0.15, 0.2) is 59.3 Å². The molecule has 3 aromatic rings. The number of aromatic nitrogens is 2. The minimum absolute atomic E-state index is 0.0717. The van der Waals surface area contributed by atoms with E-state index in [1.165, 1.54) is 18.4 Å². The number of oxazole rings is 1. The third-order valence-electron chi connectivity index (χ3n) is 3.59. The monoisotopic (exact) mass is 355 g/mol. The van der Waals surface area contributed by atoms with Gasteiger partial charge in [-0.1, -0.05) is 18.2 Å². The highest BCUT2D eigenvalue weighted by molar-refractivity contribution is 5.92. The van der Waals surface area contributed by atoms with Gasteiger partial charge in [0.15, 0.2) is 23.9 Å². The summed E-state index contributed by atoms with van der Waals surface area (Å²) in [5.41, 5.74) is 1.03. The van der Waals surface area contributed by atoms with Crippen molar-refractivity contribution in [2.45, 2.75) is 26.0 Å². The highest BCUT2D eigenvalue weighted by Gasteiger charge is 2.16. The van der Waals surface area contributed by atoms with Gasteiger partial charge in [0.05, 0.1) is 0 Å². The topological polar surface area (TPSA) is 77.2 Å². The molecule has 0 fully saturated rings. The van der Waals surface area contributed by atoms with Crippen molar-refractivity contribution < 1.29 is 18.3 Å². The summed E-state index contributed by atoms with van der Waals surface area (Å²) in [5.74, 6) is -0.536. The van der Waals surface area contributed by atoms with E-state index in [2.05, 4.69) is 15.3 Å². The third kappa shape index (κ3) is 4.66. The zero-order chi connectivity index (χ0) is 18.4. The first kappa shape index (κ1) is 17.6. The van der Waals surface area contributed by atoms with E-state index in [0.29, 0.717) is 6.42 Å². The minimum Gasteiger partial charge on any atom is -0.481 e. The number of rotatable bonds is 7. The lowest BCUT2D eigenvalue weighted by molar-refractivity contribution is 0.0935. The summed E-state index contributed by atoms with van der Waals surface area (Å²) >= 11 is 0. The summed E-state index contributed by atoms with van der Waals surface area (Å²) in [4.78, 5) is 20.5. The number of ether oxygens (including phenoxy) is 1. The van der Waals surface area contributed by atoms with Crippen LogP contribution in [-0.2, 0) is 13.0 Å². The number of para-hydroxylation sites is 1. The number of carbonyl (C=O) groups excluding carboxylic acids is 1. The average Bonchev–Trinajstić information content (AvgIpc) is 3.11.